The Labute approximate surface area is 96.0 Å². The van der Waals surface area contributed by atoms with Crippen LogP contribution in [0.15, 0.2) is 12.4 Å². The fraction of sp³-hybridized carbons (Fsp3) is 0.667. The van der Waals surface area contributed by atoms with Crippen molar-refractivity contribution in [3.8, 4) is 0 Å². The molecule has 0 saturated carbocycles. The van der Waals surface area contributed by atoms with Crippen LogP contribution in [0.5, 0.6) is 0 Å². The first-order chi connectivity index (χ1) is 7.79. The van der Waals surface area contributed by atoms with E-state index in [2.05, 4.69) is 10.4 Å². The van der Waals surface area contributed by atoms with Crippen LogP contribution >= 0.6 is 0 Å². The molecule has 0 aromatic carbocycles. The van der Waals surface area contributed by atoms with Crippen molar-refractivity contribution < 1.29 is 4.79 Å². The van der Waals surface area contributed by atoms with Crippen LogP contribution in [0.3, 0.4) is 0 Å². The van der Waals surface area contributed by atoms with Crippen LogP contribution in [-0.4, -0.2) is 28.7 Å². The molecule has 0 radical (unpaired) electrons. The van der Waals surface area contributed by atoms with Gasteiger partial charge in [0.05, 0.1) is 11.8 Å². The molecule has 16 heavy (non-hydrogen) atoms. The molecule has 1 aliphatic rings. The van der Waals surface area contributed by atoms with Crippen molar-refractivity contribution in [1.82, 2.24) is 15.1 Å². The van der Waals surface area contributed by atoms with Gasteiger partial charge in [0.1, 0.15) is 0 Å². The highest BCUT2D eigenvalue weighted by atomic mass is 16.1. The first-order valence-electron chi connectivity index (χ1n) is 6.06. The number of nitrogens with zero attached hydrogens (tertiary/aromatic N) is 2. The van der Waals surface area contributed by atoms with Gasteiger partial charge in [-0.05, 0) is 38.8 Å². The maximum absolute atomic E-state index is 11.9. The number of carbonyl (C=O) groups excluding carboxylic acids is 1. The first-order valence-corrected chi connectivity index (χ1v) is 6.06. The van der Waals surface area contributed by atoms with Crippen LogP contribution < -0.4 is 5.32 Å². The van der Waals surface area contributed by atoms with E-state index in [1.54, 1.807) is 10.9 Å². The number of hydrogen-bond acceptors (Lipinski definition) is 3. The van der Waals surface area contributed by atoms with E-state index in [0.29, 0.717) is 12.3 Å². The molecule has 0 amide bonds. The maximum Gasteiger partial charge on any atom is 0.166 e. The Morgan fingerprint density at radius 1 is 1.69 bits per heavy atom. The van der Waals surface area contributed by atoms with Crippen LogP contribution in [0, 0.1) is 5.92 Å². The second-order valence-electron chi connectivity index (χ2n) is 4.41. The molecule has 88 valence electrons. The van der Waals surface area contributed by atoms with Gasteiger partial charge < -0.3 is 5.32 Å². The van der Waals surface area contributed by atoms with Crippen molar-refractivity contribution in [2.24, 2.45) is 5.92 Å². The summed E-state index contributed by atoms with van der Waals surface area (Å²) in [6.07, 6.45) is 6.39. The lowest BCUT2D eigenvalue weighted by molar-refractivity contribution is 0.0974. The van der Waals surface area contributed by atoms with E-state index in [9.17, 15) is 4.79 Å². The number of rotatable bonds is 5. The molecule has 1 N–H and O–H groups in total. The number of hydrogen-bond donors (Lipinski definition) is 1. The van der Waals surface area contributed by atoms with Gasteiger partial charge in [-0.3, -0.25) is 9.48 Å². The van der Waals surface area contributed by atoms with Crippen LogP contribution in [0.25, 0.3) is 0 Å². The lowest BCUT2D eigenvalue weighted by atomic mass is 9.99. The fourth-order valence-electron chi connectivity index (χ4n) is 2.12. The summed E-state index contributed by atoms with van der Waals surface area (Å²) in [5.41, 5.74) is 0.757. The van der Waals surface area contributed by atoms with E-state index >= 15 is 0 Å². The zero-order valence-electron chi connectivity index (χ0n) is 9.78. The third-order valence-electron chi connectivity index (χ3n) is 3.22. The summed E-state index contributed by atoms with van der Waals surface area (Å²) in [6, 6.07) is 0. The minimum absolute atomic E-state index is 0.228. The second kappa shape index (κ2) is 5.25. The molecule has 0 aliphatic carbocycles. The Morgan fingerprint density at radius 3 is 3.19 bits per heavy atom. The summed E-state index contributed by atoms with van der Waals surface area (Å²) in [6.45, 7) is 5.01. The summed E-state index contributed by atoms with van der Waals surface area (Å²) < 4.78 is 1.80. The van der Waals surface area contributed by atoms with Crippen molar-refractivity contribution in [3.05, 3.63) is 18.0 Å². The Balaban J connectivity index is 1.82. The van der Waals surface area contributed by atoms with E-state index in [4.69, 9.17) is 0 Å². The largest absolute Gasteiger partial charge is 0.316 e. The molecule has 1 fully saturated rings. The van der Waals surface area contributed by atoms with Crippen LogP contribution in [0.1, 0.15) is 36.5 Å². The molecular weight excluding hydrogens is 202 g/mol. The van der Waals surface area contributed by atoms with Gasteiger partial charge in [0.2, 0.25) is 0 Å². The van der Waals surface area contributed by atoms with Gasteiger partial charge in [0.15, 0.2) is 5.78 Å². The van der Waals surface area contributed by atoms with Crippen molar-refractivity contribution >= 4 is 5.78 Å². The minimum atomic E-state index is 0.228. The summed E-state index contributed by atoms with van der Waals surface area (Å²) >= 11 is 0. The zero-order chi connectivity index (χ0) is 11.4. The second-order valence-corrected chi connectivity index (χ2v) is 4.41. The monoisotopic (exact) mass is 221 g/mol. The lowest BCUT2D eigenvalue weighted by Crippen LogP contribution is -2.10. The Hall–Kier alpha value is -1.16. The van der Waals surface area contributed by atoms with Crippen molar-refractivity contribution in [3.63, 3.8) is 0 Å². The van der Waals surface area contributed by atoms with Gasteiger partial charge in [0.25, 0.3) is 0 Å². The molecule has 0 bridgehead atoms. The number of ketones is 1. The van der Waals surface area contributed by atoms with Gasteiger partial charge in [-0.1, -0.05) is 0 Å². The lowest BCUT2D eigenvalue weighted by Gasteiger charge is -2.05. The molecule has 1 aromatic rings. The highest BCUT2D eigenvalue weighted by Crippen LogP contribution is 2.16. The van der Waals surface area contributed by atoms with Crippen LogP contribution in [0.2, 0.25) is 0 Å². The average Bonchev–Trinajstić information content (AvgIpc) is 2.96. The summed E-state index contributed by atoms with van der Waals surface area (Å²) in [5, 5.41) is 7.44. The van der Waals surface area contributed by atoms with E-state index in [0.717, 1.165) is 31.6 Å². The Kier molecular flexibility index (Phi) is 3.72. The topological polar surface area (TPSA) is 46.9 Å². The molecule has 1 aliphatic heterocycles. The normalized spacial score (nSPS) is 20.2. The highest BCUT2D eigenvalue weighted by molar-refractivity contribution is 5.95. The first kappa shape index (κ1) is 11.3. The number of aryl methyl sites for hydroxylation is 1. The number of aromatic nitrogens is 2. The van der Waals surface area contributed by atoms with Gasteiger partial charge in [-0.25, -0.2) is 0 Å². The molecule has 1 unspecified atom stereocenters. The van der Waals surface area contributed by atoms with E-state index < -0.39 is 0 Å². The SMILES string of the molecule is CCn1cc(C(=O)CCC2CCNC2)cn1. The van der Waals surface area contributed by atoms with Crippen molar-refractivity contribution in [1.29, 1.82) is 0 Å². The van der Waals surface area contributed by atoms with E-state index in [1.807, 2.05) is 13.1 Å². The molecule has 2 heterocycles. The molecule has 0 spiro atoms. The predicted molar refractivity (Wildman–Crippen MR) is 62.4 cm³/mol. The van der Waals surface area contributed by atoms with Gasteiger partial charge in [0, 0.05) is 19.2 Å². The average molecular weight is 221 g/mol. The molecular formula is C12H19N3O. The maximum atomic E-state index is 11.9. The number of Topliss-reactive ketones (excluding diaryl/α,β-unsaturated/α-hetero) is 1. The number of nitrogens with one attached hydrogen (secondary N) is 1. The molecule has 2 rings (SSSR count). The third-order valence-corrected chi connectivity index (χ3v) is 3.22. The molecule has 1 saturated heterocycles. The molecule has 1 atom stereocenters. The summed E-state index contributed by atoms with van der Waals surface area (Å²) in [7, 11) is 0. The fourth-order valence-corrected chi connectivity index (χ4v) is 2.12. The van der Waals surface area contributed by atoms with Crippen LogP contribution in [-0.2, 0) is 6.54 Å². The number of carbonyl (C=O) groups is 1. The highest BCUT2D eigenvalue weighted by Gasteiger charge is 2.16. The van der Waals surface area contributed by atoms with Crippen molar-refractivity contribution in [2.45, 2.75) is 32.7 Å². The molecule has 4 nitrogen and oxygen atoms in total. The predicted octanol–water partition coefficient (Wildman–Crippen LogP) is 1.48. The zero-order valence-corrected chi connectivity index (χ0v) is 9.78. The molecule has 4 heteroatoms. The quantitative estimate of drug-likeness (QED) is 0.766. The van der Waals surface area contributed by atoms with Crippen LogP contribution in [0.4, 0.5) is 0 Å². The van der Waals surface area contributed by atoms with E-state index in [-0.39, 0.29) is 5.78 Å². The summed E-state index contributed by atoms with van der Waals surface area (Å²) in [5.74, 6) is 0.914. The van der Waals surface area contributed by atoms with Crippen molar-refractivity contribution in [2.75, 3.05) is 13.1 Å². The minimum Gasteiger partial charge on any atom is -0.316 e. The Morgan fingerprint density at radius 2 is 2.56 bits per heavy atom. The summed E-state index contributed by atoms with van der Waals surface area (Å²) in [4.78, 5) is 11.9. The van der Waals surface area contributed by atoms with Gasteiger partial charge >= 0.3 is 0 Å². The molecule has 1 aromatic heterocycles. The van der Waals surface area contributed by atoms with Gasteiger partial charge in [-0.2, -0.15) is 5.10 Å². The smallest absolute Gasteiger partial charge is 0.166 e. The third kappa shape index (κ3) is 2.70. The van der Waals surface area contributed by atoms with Gasteiger partial charge in [-0.15, -0.1) is 0 Å². The van der Waals surface area contributed by atoms with E-state index in [1.165, 1.54) is 6.42 Å². The standard InChI is InChI=1S/C12H19N3O/c1-2-15-9-11(8-14-15)12(16)4-3-10-5-6-13-7-10/h8-10,13H,2-7H2,1H3. The Bertz CT molecular complexity index is 353.